The highest BCUT2D eigenvalue weighted by atomic mass is 32.2. The Kier molecular flexibility index (Phi) is 5.00. The third kappa shape index (κ3) is 4.71. The summed E-state index contributed by atoms with van der Waals surface area (Å²) in [5, 5.41) is 4.98. The predicted molar refractivity (Wildman–Crippen MR) is 70.0 cm³/mol. The van der Waals surface area contributed by atoms with Crippen LogP contribution in [0.4, 0.5) is 13.2 Å². The van der Waals surface area contributed by atoms with Crippen molar-refractivity contribution in [2.75, 3.05) is 6.54 Å². The molecule has 1 aromatic carbocycles. The third-order valence-electron chi connectivity index (χ3n) is 2.66. The second-order valence-electron chi connectivity index (χ2n) is 4.68. The molecule has 0 bridgehead atoms. The zero-order valence-electron chi connectivity index (χ0n) is 11.4. The topological polar surface area (TPSA) is 80.5 Å². The Morgan fingerprint density at radius 3 is 2.24 bits per heavy atom. The number of benzene rings is 1. The minimum atomic E-state index is -4.59. The van der Waals surface area contributed by atoms with Crippen molar-refractivity contribution in [2.45, 2.75) is 31.0 Å². The predicted octanol–water partition coefficient (Wildman–Crippen LogP) is 1.75. The highest BCUT2D eigenvalue weighted by Gasteiger charge is 2.35. The van der Waals surface area contributed by atoms with Crippen molar-refractivity contribution in [3.63, 3.8) is 0 Å². The smallest absolute Gasteiger partial charge is 0.327 e. The van der Waals surface area contributed by atoms with Crippen LogP contribution in [0.15, 0.2) is 29.2 Å². The molecule has 0 fully saturated rings. The molecule has 0 aromatic heterocycles. The van der Waals surface area contributed by atoms with Crippen LogP contribution in [0.3, 0.4) is 0 Å². The fraction of sp³-hybridized carbons (Fsp3) is 0.417. The minimum absolute atomic E-state index is 0.377. The third-order valence-corrected chi connectivity index (χ3v) is 3.63. The summed E-state index contributed by atoms with van der Waals surface area (Å²) in [5.41, 5.74) is -0.377. The van der Waals surface area contributed by atoms with Crippen LogP contribution in [0.2, 0.25) is 0 Å². The number of carbonyl (C=O) groups is 1. The van der Waals surface area contributed by atoms with Crippen molar-refractivity contribution in [2.24, 2.45) is 5.14 Å². The number of rotatable bonds is 4. The van der Waals surface area contributed by atoms with E-state index in [0.717, 1.165) is 12.1 Å². The van der Waals surface area contributed by atoms with E-state index in [1.807, 2.05) is 0 Å². The average molecular weight is 324 g/mol. The van der Waals surface area contributed by atoms with E-state index >= 15 is 0 Å². The first-order valence-electron chi connectivity index (χ1n) is 5.93. The van der Waals surface area contributed by atoms with Gasteiger partial charge in [0, 0.05) is 6.04 Å². The van der Waals surface area contributed by atoms with Crippen molar-refractivity contribution < 1.29 is 26.4 Å². The van der Waals surface area contributed by atoms with E-state index < -0.39 is 39.6 Å². The van der Waals surface area contributed by atoms with Gasteiger partial charge in [0.25, 0.3) is 5.91 Å². The number of alkyl halides is 3. The van der Waals surface area contributed by atoms with E-state index in [9.17, 15) is 26.4 Å². The monoisotopic (exact) mass is 324 g/mol. The lowest BCUT2D eigenvalue weighted by Gasteiger charge is -2.28. The van der Waals surface area contributed by atoms with Gasteiger partial charge in [0.1, 0.15) is 6.54 Å². The SMILES string of the molecule is CC(C)N(CC(F)(F)F)C(=O)c1ccccc1S(N)(=O)=O. The zero-order chi connectivity index (χ0) is 16.4. The van der Waals surface area contributed by atoms with E-state index in [1.54, 1.807) is 0 Å². The van der Waals surface area contributed by atoms with Gasteiger partial charge in [-0.1, -0.05) is 12.1 Å². The molecule has 9 heteroatoms. The molecule has 0 radical (unpaired) electrons. The number of halogens is 3. The lowest BCUT2D eigenvalue weighted by molar-refractivity contribution is -0.143. The molecule has 0 saturated heterocycles. The summed E-state index contributed by atoms with van der Waals surface area (Å²) in [4.78, 5) is 12.3. The molecule has 1 aromatic rings. The van der Waals surface area contributed by atoms with Crippen molar-refractivity contribution in [3.8, 4) is 0 Å². The lowest BCUT2D eigenvalue weighted by Crippen LogP contribution is -2.43. The fourth-order valence-corrected chi connectivity index (χ4v) is 2.46. The number of hydrogen-bond donors (Lipinski definition) is 1. The molecule has 0 aliphatic heterocycles. The second kappa shape index (κ2) is 6.02. The van der Waals surface area contributed by atoms with Crippen molar-refractivity contribution in [3.05, 3.63) is 29.8 Å². The standard InChI is InChI=1S/C12H15F3N2O3S/c1-8(2)17(7-12(13,14)15)11(18)9-5-3-4-6-10(9)21(16,19)20/h3-6,8H,7H2,1-2H3,(H2,16,19,20). The number of hydrogen-bond acceptors (Lipinski definition) is 3. The fourth-order valence-electron chi connectivity index (χ4n) is 1.73. The van der Waals surface area contributed by atoms with Gasteiger partial charge in [0.2, 0.25) is 10.0 Å². The Morgan fingerprint density at radius 1 is 1.29 bits per heavy atom. The van der Waals surface area contributed by atoms with E-state index in [-0.39, 0.29) is 5.56 Å². The Labute approximate surface area is 120 Å². The van der Waals surface area contributed by atoms with Crippen molar-refractivity contribution in [1.82, 2.24) is 4.90 Å². The van der Waals surface area contributed by atoms with Gasteiger partial charge in [0.05, 0.1) is 10.5 Å². The van der Waals surface area contributed by atoms with Gasteiger partial charge in [-0.25, -0.2) is 13.6 Å². The number of primary sulfonamides is 1. The molecule has 21 heavy (non-hydrogen) atoms. The number of amides is 1. The van der Waals surface area contributed by atoms with Gasteiger partial charge in [-0.3, -0.25) is 4.79 Å². The van der Waals surface area contributed by atoms with Gasteiger partial charge in [-0.2, -0.15) is 13.2 Å². The first-order chi connectivity index (χ1) is 9.43. The summed E-state index contributed by atoms with van der Waals surface area (Å²) in [6.07, 6.45) is -4.59. The zero-order valence-corrected chi connectivity index (χ0v) is 12.2. The molecule has 1 rings (SSSR count). The highest BCUT2D eigenvalue weighted by Crippen LogP contribution is 2.22. The number of nitrogens with zero attached hydrogens (tertiary/aromatic N) is 1. The Bertz CT molecular complexity index is 627. The van der Waals surface area contributed by atoms with E-state index in [0.29, 0.717) is 4.90 Å². The number of sulfonamides is 1. The number of carbonyl (C=O) groups excluding carboxylic acids is 1. The Balaban J connectivity index is 3.29. The molecular formula is C12H15F3N2O3S. The van der Waals surface area contributed by atoms with Crippen LogP contribution >= 0.6 is 0 Å². The molecule has 0 aliphatic rings. The maximum absolute atomic E-state index is 12.5. The lowest BCUT2D eigenvalue weighted by atomic mass is 10.1. The second-order valence-corrected chi connectivity index (χ2v) is 6.21. The van der Waals surface area contributed by atoms with E-state index in [2.05, 4.69) is 0 Å². The molecule has 1 amide bonds. The highest BCUT2D eigenvalue weighted by molar-refractivity contribution is 7.89. The summed E-state index contributed by atoms with van der Waals surface area (Å²) < 4.78 is 60.5. The summed E-state index contributed by atoms with van der Waals surface area (Å²) in [5.74, 6) is -1.04. The van der Waals surface area contributed by atoms with Gasteiger partial charge in [0.15, 0.2) is 0 Å². The molecule has 0 atom stereocenters. The van der Waals surface area contributed by atoms with Crippen LogP contribution in [0, 0.1) is 0 Å². The molecule has 0 spiro atoms. The van der Waals surface area contributed by atoms with Gasteiger partial charge >= 0.3 is 6.18 Å². The maximum atomic E-state index is 12.5. The molecule has 0 heterocycles. The van der Waals surface area contributed by atoms with Crippen LogP contribution in [0.1, 0.15) is 24.2 Å². The first-order valence-corrected chi connectivity index (χ1v) is 7.47. The van der Waals surface area contributed by atoms with Gasteiger partial charge in [-0.15, -0.1) is 0 Å². The van der Waals surface area contributed by atoms with Crippen LogP contribution < -0.4 is 5.14 Å². The summed E-state index contributed by atoms with van der Waals surface area (Å²) >= 11 is 0. The quantitative estimate of drug-likeness (QED) is 0.916. The van der Waals surface area contributed by atoms with E-state index in [4.69, 9.17) is 5.14 Å². The van der Waals surface area contributed by atoms with Gasteiger partial charge < -0.3 is 4.90 Å². The first kappa shape index (κ1) is 17.4. The average Bonchev–Trinajstić information content (AvgIpc) is 2.33. The largest absolute Gasteiger partial charge is 0.406 e. The number of nitrogens with two attached hydrogens (primary N) is 1. The van der Waals surface area contributed by atoms with E-state index in [1.165, 1.54) is 26.0 Å². The van der Waals surface area contributed by atoms with Crippen LogP contribution in [0.25, 0.3) is 0 Å². The molecule has 118 valence electrons. The summed E-state index contributed by atoms with van der Waals surface area (Å²) in [6.45, 7) is 1.34. The minimum Gasteiger partial charge on any atom is -0.327 e. The van der Waals surface area contributed by atoms with Crippen molar-refractivity contribution in [1.29, 1.82) is 0 Å². The van der Waals surface area contributed by atoms with Crippen LogP contribution in [0.5, 0.6) is 0 Å². The van der Waals surface area contributed by atoms with Crippen LogP contribution in [-0.4, -0.2) is 38.0 Å². The normalized spacial score (nSPS) is 12.5. The van der Waals surface area contributed by atoms with Crippen molar-refractivity contribution >= 4 is 15.9 Å². The molecule has 0 aliphatic carbocycles. The molecule has 0 saturated carbocycles. The van der Waals surface area contributed by atoms with Crippen LogP contribution in [-0.2, 0) is 10.0 Å². The Hall–Kier alpha value is -1.61. The molecular weight excluding hydrogens is 309 g/mol. The molecule has 0 unspecified atom stereocenters. The Morgan fingerprint density at radius 2 is 1.81 bits per heavy atom. The molecule has 2 N–H and O–H groups in total. The van der Waals surface area contributed by atoms with Gasteiger partial charge in [-0.05, 0) is 26.0 Å². The summed E-state index contributed by atoms with van der Waals surface area (Å²) in [7, 11) is -4.21. The molecule has 5 nitrogen and oxygen atoms in total. The summed E-state index contributed by atoms with van der Waals surface area (Å²) in [6, 6.07) is 4.14. The maximum Gasteiger partial charge on any atom is 0.406 e.